The third kappa shape index (κ3) is 6.69. The van der Waals surface area contributed by atoms with Crippen LogP contribution in [-0.4, -0.2) is 28.6 Å². The Morgan fingerprint density at radius 2 is 1.77 bits per heavy atom. The lowest BCUT2D eigenvalue weighted by Crippen LogP contribution is -2.45. The van der Waals surface area contributed by atoms with Crippen molar-refractivity contribution in [2.24, 2.45) is 0 Å². The minimum absolute atomic E-state index is 0.0217. The highest BCUT2D eigenvalue weighted by molar-refractivity contribution is 6.01. The first-order chi connectivity index (χ1) is 16.4. The number of anilines is 1. The molecule has 0 radical (unpaired) electrons. The van der Waals surface area contributed by atoms with E-state index in [9.17, 15) is 22.8 Å². The number of nitriles is 1. The highest BCUT2D eigenvalue weighted by atomic mass is 19.4. The number of pyridine rings is 1. The van der Waals surface area contributed by atoms with Crippen molar-refractivity contribution in [3.8, 4) is 17.2 Å². The molecule has 3 aromatic rings. The molecule has 1 heterocycles. The molecule has 0 aliphatic heterocycles. The first-order valence-electron chi connectivity index (χ1n) is 10.6. The molecule has 10 heteroatoms. The zero-order chi connectivity index (χ0) is 25.8. The van der Waals surface area contributed by atoms with E-state index in [0.717, 1.165) is 6.07 Å². The van der Waals surface area contributed by atoms with Gasteiger partial charge >= 0.3 is 12.3 Å². The molecule has 0 aliphatic rings. The zero-order valence-corrected chi connectivity index (χ0v) is 19.2. The third-order valence-corrected chi connectivity index (χ3v) is 4.76. The summed E-state index contributed by atoms with van der Waals surface area (Å²) in [5.41, 5.74) is -0.779. The van der Waals surface area contributed by atoms with Gasteiger partial charge in [-0.15, -0.1) is 0 Å². The van der Waals surface area contributed by atoms with E-state index < -0.39 is 35.5 Å². The van der Waals surface area contributed by atoms with Gasteiger partial charge in [0, 0.05) is 11.1 Å². The third-order valence-electron chi connectivity index (χ3n) is 4.76. The maximum absolute atomic E-state index is 13.5. The molecule has 7 nitrogen and oxygen atoms in total. The van der Waals surface area contributed by atoms with E-state index in [1.807, 2.05) is 6.07 Å². The van der Waals surface area contributed by atoms with Gasteiger partial charge in [-0.3, -0.25) is 4.79 Å². The summed E-state index contributed by atoms with van der Waals surface area (Å²) >= 11 is 0. The van der Waals surface area contributed by atoms with Gasteiger partial charge in [0.25, 0.3) is 0 Å². The van der Waals surface area contributed by atoms with E-state index in [1.54, 1.807) is 57.2 Å². The summed E-state index contributed by atoms with van der Waals surface area (Å²) in [6.45, 7) is 4.94. The Morgan fingerprint density at radius 1 is 1.09 bits per heavy atom. The molecule has 2 N–H and O–H groups in total. The maximum atomic E-state index is 13.5. The van der Waals surface area contributed by atoms with Crippen molar-refractivity contribution in [1.82, 2.24) is 10.3 Å². The van der Waals surface area contributed by atoms with Crippen LogP contribution in [0.15, 0.2) is 54.6 Å². The Labute approximate surface area is 199 Å². The summed E-state index contributed by atoms with van der Waals surface area (Å²) < 4.78 is 45.7. The predicted octanol–water partition coefficient (Wildman–Crippen LogP) is 5.67. The topological polar surface area (TPSA) is 104 Å². The normalized spacial score (nSPS) is 12.5. The quantitative estimate of drug-likeness (QED) is 0.486. The van der Waals surface area contributed by atoms with Gasteiger partial charge in [0.2, 0.25) is 5.91 Å². The van der Waals surface area contributed by atoms with Crippen LogP contribution in [0.3, 0.4) is 0 Å². The summed E-state index contributed by atoms with van der Waals surface area (Å²) in [6, 6.07) is 14.5. The van der Waals surface area contributed by atoms with Crippen LogP contribution in [0.5, 0.6) is 0 Å². The molecule has 0 bridgehead atoms. The Kier molecular flexibility index (Phi) is 7.29. The number of benzene rings is 2. The number of carbonyl (C=O) groups is 2. The molecule has 182 valence electrons. The van der Waals surface area contributed by atoms with Crippen LogP contribution in [0.25, 0.3) is 22.0 Å². The molecule has 3 rings (SSSR count). The molecule has 1 aromatic heterocycles. The molecule has 0 fully saturated rings. The number of amides is 2. The fraction of sp³-hybridized carbons (Fsp3) is 0.280. The van der Waals surface area contributed by atoms with Crippen LogP contribution >= 0.6 is 0 Å². The highest BCUT2D eigenvalue weighted by Gasteiger charge is 2.33. The van der Waals surface area contributed by atoms with Crippen molar-refractivity contribution in [1.29, 1.82) is 5.26 Å². The maximum Gasteiger partial charge on any atom is 0.433 e. The average molecular weight is 484 g/mol. The number of aromatic nitrogens is 1. The lowest BCUT2D eigenvalue weighted by molar-refractivity contribution is -0.140. The first-order valence-corrected chi connectivity index (χ1v) is 10.6. The van der Waals surface area contributed by atoms with Crippen molar-refractivity contribution in [2.75, 3.05) is 5.32 Å². The average Bonchev–Trinajstić information content (AvgIpc) is 2.76. The van der Waals surface area contributed by atoms with Crippen molar-refractivity contribution in [2.45, 2.75) is 45.0 Å². The van der Waals surface area contributed by atoms with Crippen LogP contribution in [-0.2, 0) is 15.7 Å². The molecule has 2 amide bonds. The van der Waals surface area contributed by atoms with E-state index in [1.165, 1.54) is 12.1 Å². The van der Waals surface area contributed by atoms with Crippen LogP contribution < -0.4 is 10.6 Å². The standard InChI is InChI=1S/C25H23F3N4O3/c1-24(2,3)35-23(34)32-19(11-12-29)22(33)30-16-9-10-17-18(15-7-5-4-6-8-15)14-21(25(26,27)28)31-20(17)13-16/h4-10,13-14,19H,11H2,1-3H3,(H,30,33)(H,32,34). The number of nitrogens with one attached hydrogen (secondary N) is 2. The second-order valence-corrected chi connectivity index (χ2v) is 8.70. The molecule has 1 atom stereocenters. The minimum atomic E-state index is -4.67. The number of alkyl halides is 3. The predicted molar refractivity (Wildman–Crippen MR) is 124 cm³/mol. The van der Waals surface area contributed by atoms with Gasteiger partial charge in [-0.2, -0.15) is 18.4 Å². The SMILES string of the molecule is CC(C)(C)OC(=O)NC(CC#N)C(=O)Nc1ccc2c(-c3ccccc3)cc(C(F)(F)F)nc2c1. The summed E-state index contributed by atoms with van der Waals surface area (Å²) in [5, 5.41) is 14.4. The molecule has 35 heavy (non-hydrogen) atoms. The number of nitrogens with zero attached hydrogens (tertiary/aromatic N) is 2. The number of hydrogen-bond acceptors (Lipinski definition) is 5. The van der Waals surface area contributed by atoms with Gasteiger partial charge in [-0.05, 0) is 50.1 Å². The minimum Gasteiger partial charge on any atom is -0.444 e. The second kappa shape index (κ2) is 10.0. The molecule has 1 unspecified atom stereocenters. The molecular formula is C25H23F3N4O3. The lowest BCUT2D eigenvalue weighted by Gasteiger charge is -2.22. The summed E-state index contributed by atoms with van der Waals surface area (Å²) in [4.78, 5) is 28.5. The van der Waals surface area contributed by atoms with Crippen LogP contribution in [0.2, 0.25) is 0 Å². The number of carbonyl (C=O) groups excluding carboxylic acids is 2. The summed E-state index contributed by atoms with van der Waals surface area (Å²) in [6.07, 6.45) is -5.89. The Balaban J connectivity index is 1.94. The fourth-order valence-corrected chi connectivity index (χ4v) is 3.29. The molecular weight excluding hydrogens is 461 g/mol. The Hall–Kier alpha value is -4.13. The van der Waals surface area contributed by atoms with Gasteiger partial charge in [-0.1, -0.05) is 36.4 Å². The lowest BCUT2D eigenvalue weighted by atomic mass is 9.99. The van der Waals surface area contributed by atoms with E-state index in [-0.39, 0.29) is 17.6 Å². The van der Waals surface area contributed by atoms with Gasteiger partial charge in [-0.25, -0.2) is 9.78 Å². The van der Waals surface area contributed by atoms with E-state index in [4.69, 9.17) is 10.00 Å². The van der Waals surface area contributed by atoms with Gasteiger partial charge < -0.3 is 15.4 Å². The summed E-state index contributed by atoms with van der Waals surface area (Å²) in [7, 11) is 0. The van der Waals surface area contributed by atoms with Gasteiger partial charge in [0.15, 0.2) is 0 Å². The van der Waals surface area contributed by atoms with E-state index in [2.05, 4.69) is 15.6 Å². The molecule has 0 saturated heterocycles. The zero-order valence-electron chi connectivity index (χ0n) is 19.2. The number of ether oxygens (including phenoxy) is 1. The smallest absolute Gasteiger partial charge is 0.433 e. The summed E-state index contributed by atoms with van der Waals surface area (Å²) in [5.74, 6) is -0.730. The highest BCUT2D eigenvalue weighted by Crippen LogP contribution is 2.36. The number of hydrogen-bond donors (Lipinski definition) is 2. The van der Waals surface area contributed by atoms with Crippen LogP contribution in [0.1, 0.15) is 32.9 Å². The van der Waals surface area contributed by atoms with Crippen molar-refractivity contribution in [3.05, 3.63) is 60.3 Å². The fourth-order valence-electron chi connectivity index (χ4n) is 3.29. The van der Waals surface area contributed by atoms with E-state index in [0.29, 0.717) is 16.5 Å². The number of fused-ring (bicyclic) bond motifs is 1. The first kappa shape index (κ1) is 25.5. The Bertz CT molecular complexity index is 1280. The number of halogens is 3. The van der Waals surface area contributed by atoms with Crippen LogP contribution in [0.4, 0.5) is 23.7 Å². The van der Waals surface area contributed by atoms with Gasteiger partial charge in [0.1, 0.15) is 17.3 Å². The molecule has 0 saturated carbocycles. The van der Waals surface area contributed by atoms with Gasteiger partial charge in [0.05, 0.1) is 18.0 Å². The number of rotatable bonds is 5. The monoisotopic (exact) mass is 484 g/mol. The molecule has 2 aromatic carbocycles. The van der Waals surface area contributed by atoms with Crippen molar-refractivity contribution in [3.63, 3.8) is 0 Å². The Morgan fingerprint density at radius 3 is 2.37 bits per heavy atom. The van der Waals surface area contributed by atoms with Crippen LogP contribution in [0, 0.1) is 11.3 Å². The largest absolute Gasteiger partial charge is 0.444 e. The van der Waals surface area contributed by atoms with E-state index >= 15 is 0 Å². The molecule has 0 spiro atoms. The molecule has 0 aliphatic carbocycles. The van der Waals surface area contributed by atoms with Crippen molar-refractivity contribution >= 4 is 28.6 Å². The second-order valence-electron chi connectivity index (χ2n) is 8.70. The number of alkyl carbamates (subject to hydrolysis) is 1. The van der Waals surface area contributed by atoms with Crippen molar-refractivity contribution < 1.29 is 27.5 Å².